The van der Waals surface area contributed by atoms with Gasteiger partial charge in [0.15, 0.2) is 14.1 Å². The molecule has 0 saturated heterocycles. The van der Waals surface area contributed by atoms with Crippen LogP contribution >= 0.6 is 0 Å². The Bertz CT molecular complexity index is 562. The van der Waals surface area contributed by atoms with Gasteiger partial charge in [0.1, 0.15) is 5.76 Å². The molecule has 130 valence electrons. The first-order valence-corrected chi connectivity index (χ1v) is 11.0. The van der Waals surface area contributed by atoms with Gasteiger partial charge in [-0.1, -0.05) is 26.3 Å². The number of carbonyl (C=O) groups excluding carboxylic acids is 2. The maximum absolute atomic E-state index is 12.3. The summed E-state index contributed by atoms with van der Waals surface area (Å²) in [7, 11) is -1.85. The lowest BCUT2D eigenvalue weighted by atomic mass is 10.1. The zero-order valence-corrected chi connectivity index (χ0v) is 16.8. The van der Waals surface area contributed by atoms with Crippen LogP contribution in [0.3, 0.4) is 0 Å². The lowest BCUT2D eigenvalue weighted by Gasteiger charge is -2.36. The molecular weight excluding hydrogens is 308 g/mol. The van der Waals surface area contributed by atoms with Crippen molar-refractivity contribution >= 4 is 20.1 Å². The van der Waals surface area contributed by atoms with Gasteiger partial charge in [-0.05, 0) is 37.6 Å². The van der Waals surface area contributed by atoms with E-state index in [2.05, 4.69) is 33.9 Å². The molecule has 4 nitrogen and oxygen atoms in total. The minimum absolute atomic E-state index is 0.00826. The van der Waals surface area contributed by atoms with Crippen molar-refractivity contribution < 1.29 is 18.8 Å². The monoisotopic (exact) mass is 338 g/mol. The second kappa shape index (κ2) is 7.14. The fourth-order valence-electron chi connectivity index (χ4n) is 2.18. The van der Waals surface area contributed by atoms with Gasteiger partial charge >= 0.3 is 5.97 Å². The fourth-order valence-corrected chi connectivity index (χ4v) is 3.22. The quantitative estimate of drug-likeness (QED) is 0.320. The summed E-state index contributed by atoms with van der Waals surface area (Å²) in [4.78, 5) is 23.7. The first kappa shape index (κ1) is 19.8. The van der Waals surface area contributed by atoms with Crippen LogP contribution in [0.5, 0.6) is 0 Å². The Labute approximate surface area is 141 Å². The topological polar surface area (TPSA) is 52.6 Å². The Balaban J connectivity index is 2.87. The summed E-state index contributed by atoms with van der Waals surface area (Å²) in [6.07, 6.45) is 1.01. The highest BCUT2D eigenvalue weighted by Crippen LogP contribution is 2.37. The normalized spacial score (nSPS) is 18.5. The Morgan fingerprint density at radius 1 is 1.22 bits per heavy atom. The Morgan fingerprint density at radius 3 is 2.17 bits per heavy atom. The predicted molar refractivity (Wildman–Crippen MR) is 94.6 cm³/mol. The number of rotatable bonds is 5. The smallest absolute Gasteiger partial charge is 0.307 e. The molecule has 0 bridgehead atoms. The summed E-state index contributed by atoms with van der Waals surface area (Å²) in [6.45, 7) is 16.5. The molecule has 0 aromatic carbocycles. The van der Waals surface area contributed by atoms with Crippen molar-refractivity contribution in [2.24, 2.45) is 0 Å². The summed E-state index contributed by atoms with van der Waals surface area (Å²) in [6, 6.07) is 0. The minimum atomic E-state index is -1.85. The average molecular weight is 339 g/mol. The summed E-state index contributed by atoms with van der Waals surface area (Å²) in [5.74, 6) is 0.0679. The second-order valence-electron chi connectivity index (χ2n) is 7.77. The van der Waals surface area contributed by atoms with Gasteiger partial charge in [-0.15, -0.1) is 0 Å². The van der Waals surface area contributed by atoms with Crippen LogP contribution in [-0.4, -0.2) is 26.7 Å². The van der Waals surface area contributed by atoms with Crippen LogP contribution in [0.15, 0.2) is 22.5 Å². The van der Waals surface area contributed by atoms with Crippen molar-refractivity contribution in [1.82, 2.24) is 0 Å². The van der Waals surface area contributed by atoms with Crippen molar-refractivity contribution in [3.63, 3.8) is 0 Å². The fraction of sp³-hybridized carbons (Fsp3) is 0.667. The van der Waals surface area contributed by atoms with Gasteiger partial charge in [-0.2, -0.15) is 0 Å². The van der Waals surface area contributed by atoms with Crippen LogP contribution in [0.2, 0.25) is 18.1 Å². The highest BCUT2D eigenvalue weighted by atomic mass is 28.4. The number of allylic oxidation sites excluding steroid dienone is 3. The Morgan fingerprint density at radius 2 is 1.78 bits per heavy atom. The molecule has 0 N–H and O–H groups in total. The first-order chi connectivity index (χ1) is 10.4. The summed E-state index contributed by atoms with van der Waals surface area (Å²) in [5.41, 5.74) is 2.41. The Hall–Kier alpha value is -1.20. The highest BCUT2D eigenvalue weighted by Gasteiger charge is 2.37. The molecule has 1 rings (SSSR count). The van der Waals surface area contributed by atoms with E-state index in [0.717, 1.165) is 11.1 Å². The third-order valence-corrected chi connectivity index (χ3v) is 9.44. The lowest BCUT2D eigenvalue weighted by molar-refractivity contribution is -0.137. The highest BCUT2D eigenvalue weighted by molar-refractivity contribution is 6.74. The van der Waals surface area contributed by atoms with E-state index in [1.54, 1.807) is 0 Å². The molecule has 0 fully saturated rings. The number of ether oxygens (including phenoxy) is 1. The van der Waals surface area contributed by atoms with Gasteiger partial charge in [0.2, 0.25) is 0 Å². The van der Waals surface area contributed by atoms with E-state index >= 15 is 0 Å². The van der Waals surface area contributed by atoms with Crippen molar-refractivity contribution in [2.75, 3.05) is 6.61 Å². The number of carbonyl (C=O) groups is 2. The van der Waals surface area contributed by atoms with Crippen LogP contribution in [0.4, 0.5) is 0 Å². The maximum atomic E-state index is 12.3. The second-order valence-corrected chi connectivity index (χ2v) is 12.6. The molecule has 0 radical (unpaired) electrons. The van der Waals surface area contributed by atoms with Crippen molar-refractivity contribution in [1.29, 1.82) is 0 Å². The zero-order chi connectivity index (χ0) is 18.0. The van der Waals surface area contributed by atoms with E-state index in [1.807, 2.05) is 13.8 Å². The molecule has 0 aromatic heterocycles. The molecule has 0 aliphatic heterocycles. The van der Waals surface area contributed by atoms with Crippen LogP contribution in [0, 0.1) is 0 Å². The number of ketones is 1. The molecule has 0 atom stereocenters. The SMILES string of the molecule is CC(=O)O/C(CCO[Si](C)(C)C(C)(C)C)=C1/CC(C)=C(C)C1=O. The van der Waals surface area contributed by atoms with Crippen LogP contribution < -0.4 is 0 Å². The van der Waals surface area contributed by atoms with E-state index in [-0.39, 0.29) is 10.8 Å². The van der Waals surface area contributed by atoms with Crippen molar-refractivity contribution in [3.8, 4) is 0 Å². The van der Waals surface area contributed by atoms with E-state index < -0.39 is 14.3 Å². The van der Waals surface area contributed by atoms with Crippen molar-refractivity contribution in [3.05, 3.63) is 22.5 Å². The van der Waals surface area contributed by atoms with Gasteiger partial charge in [0, 0.05) is 31.9 Å². The number of esters is 1. The van der Waals surface area contributed by atoms with E-state index in [0.29, 0.717) is 30.8 Å². The molecule has 0 unspecified atom stereocenters. The molecule has 0 amide bonds. The van der Waals surface area contributed by atoms with E-state index in [9.17, 15) is 9.59 Å². The van der Waals surface area contributed by atoms with E-state index in [1.165, 1.54) is 6.92 Å². The summed E-state index contributed by atoms with van der Waals surface area (Å²) < 4.78 is 11.5. The maximum Gasteiger partial charge on any atom is 0.307 e. The molecule has 0 saturated carbocycles. The van der Waals surface area contributed by atoms with Gasteiger partial charge in [0.25, 0.3) is 0 Å². The molecule has 23 heavy (non-hydrogen) atoms. The zero-order valence-electron chi connectivity index (χ0n) is 15.8. The predicted octanol–water partition coefficient (Wildman–Crippen LogP) is 4.52. The van der Waals surface area contributed by atoms with Crippen LogP contribution in [0.25, 0.3) is 0 Å². The number of hydrogen-bond donors (Lipinski definition) is 0. The number of hydrogen-bond acceptors (Lipinski definition) is 4. The molecule has 1 aliphatic rings. The van der Waals surface area contributed by atoms with Gasteiger partial charge in [-0.3, -0.25) is 9.59 Å². The van der Waals surface area contributed by atoms with Crippen LogP contribution in [0.1, 0.15) is 54.4 Å². The van der Waals surface area contributed by atoms with Gasteiger partial charge in [0.05, 0.1) is 0 Å². The third kappa shape index (κ3) is 4.88. The molecule has 5 heteroatoms. The number of Topliss-reactive ketones (excluding diaryl/α,β-unsaturated/α-hetero) is 1. The van der Waals surface area contributed by atoms with E-state index in [4.69, 9.17) is 9.16 Å². The Kier molecular flexibility index (Phi) is 6.16. The molecule has 1 aliphatic carbocycles. The minimum Gasteiger partial charge on any atom is -0.431 e. The summed E-state index contributed by atoms with van der Waals surface area (Å²) >= 11 is 0. The molecule has 0 heterocycles. The first-order valence-electron chi connectivity index (χ1n) is 8.12. The third-order valence-electron chi connectivity index (χ3n) is 4.90. The standard InChI is InChI=1S/C18H30O4Si/c1-12-11-15(17(20)13(12)2)16(22-14(3)19)9-10-21-23(7,8)18(4,5)6/h9-11H2,1-8H3/b16-15-. The molecule has 0 aromatic rings. The van der Waals surface area contributed by atoms with Crippen molar-refractivity contribution in [2.45, 2.75) is 72.5 Å². The molecule has 0 spiro atoms. The summed E-state index contributed by atoms with van der Waals surface area (Å²) in [5, 5.41) is 0.125. The van der Waals surface area contributed by atoms with Gasteiger partial charge in [-0.25, -0.2) is 0 Å². The molecular formula is C18H30O4Si. The van der Waals surface area contributed by atoms with Crippen LogP contribution in [-0.2, 0) is 18.8 Å². The average Bonchev–Trinajstić information content (AvgIpc) is 2.63. The largest absolute Gasteiger partial charge is 0.431 e. The lowest BCUT2D eigenvalue weighted by Crippen LogP contribution is -2.41. The van der Waals surface area contributed by atoms with Gasteiger partial charge < -0.3 is 9.16 Å².